The first-order chi connectivity index (χ1) is 10.8. The van der Waals surface area contributed by atoms with Crippen LogP contribution < -0.4 is 14.8 Å². The lowest BCUT2D eigenvalue weighted by Gasteiger charge is -2.28. The lowest BCUT2D eigenvalue weighted by molar-refractivity contribution is 0.183. The molecule has 0 aliphatic carbocycles. The number of hydrogen-bond donors (Lipinski definition) is 1. The van der Waals surface area contributed by atoms with Crippen LogP contribution in [0.15, 0.2) is 18.2 Å². The van der Waals surface area contributed by atoms with Crippen LogP contribution in [0.25, 0.3) is 0 Å². The number of nitrogens with one attached hydrogen (secondary N) is 1. The minimum atomic E-state index is 0.338. The average Bonchev–Trinajstić information content (AvgIpc) is 2.57. The van der Waals surface area contributed by atoms with E-state index in [2.05, 4.69) is 22.3 Å². The highest BCUT2D eigenvalue weighted by Crippen LogP contribution is 2.32. The van der Waals surface area contributed by atoms with Gasteiger partial charge in [-0.1, -0.05) is 6.07 Å². The predicted octanol–water partition coefficient (Wildman–Crippen LogP) is 2.37. The average molecular weight is 322 g/mol. The van der Waals surface area contributed by atoms with Crippen LogP contribution in [-0.4, -0.2) is 55.8 Å². The van der Waals surface area contributed by atoms with Crippen molar-refractivity contribution in [1.29, 1.82) is 0 Å². The molecule has 122 valence electrons. The van der Waals surface area contributed by atoms with Gasteiger partial charge in [0.15, 0.2) is 11.5 Å². The summed E-state index contributed by atoms with van der Waals surface area (Å²) in [6.07, 6.45) is 2.61. The van der Waals surface area contributed by atoms with Crippen LogP contribution in [0.2, 0.25) is 0 Å². The van der Waals surface area contributed by atoms with Crippen LogP contribution in [-0.2, 0) is 6.54 Å². The van der Waals surface area contributed by atoms with Gasteiger partial charge >= 0.3 is 0 Å². The Balaban J connectivity index is 1.67. The fourth-order valence-electron chi connectivity index (χ4n) is 3.01. The Morgan fingerprint density at radius 3 is 2.68 bits per heavy atom. The molecule has 5 heteroatoms. The maximum absolute atomic E-state index is 6.24. The number of ether oxygens (including phenoxy) is 2. The van der Waals surface area contributed by atoms with Crippen LogP contribution in [0.3, 0.4) is 0 Å². The molecule has 0 amide bonds. The van der Waals surface area contributed by atoms with Gasteiger partial charge in [-0.2, -0.15) is 11.8 Å². The van der Waals surface area contributed by atoms with Gasteiger partial charge in [0.2, 0.25) is 0 Å². The molecule has 1 aromatic carbocycles. The molecule has 2 fully saturated rings. The Morgan fingerprint density at radius 1 is 1.18 bits per heavy atom. The van der Waals surface area contributed by atoms with Gasteiger partial charge in [-0.25, -0.2) is 0 Å². The Kier molecular flexibility index (Phi) is 5.87. The van der Waals surface area contributed by atoms with Crippen molar-refractivity contribution in [3.8, 4) is 11.5 Å². The quantitative estimate of drug-likeness (QED) is 0.900. The molecule has 22 heavy (non-hydrogen) atoms. The van der Waals surface area contributed by atoms with E-state index in [9.17, 15) is 0 Å². The minimum Gasteiger partial charge on any atom is -0.493 e. The third kappa shape index (κ3) is 4.31. The third-order valence-corrected chi connectivity index (χ3v) is 5.35. The molecule has 0 bridgehead atoms. The van der Waals surface area contributed by atoms with Crippen molar-refractivity contribution in [2.24, 2.45) is 0 Å². The van der Waals surface area contributed by atoms with Gasteiger partial charge in [-0.3, -0.25) is 4.90 Å². The first kappa shape index (κ1) is 16.0. The van der Waals surface area contributed by atoms with Gasteiger partial charge in [-0.05, 0) is 42.0 Å². The SMILES string of the molecule is COc1ccc(CN2CCNCC2)cc1OC1CCSCC1. The normalized spacial score (nSPS) is 20.8. The fraction of sp³-hybridized carbons (Fsp3) is 0.647. The van der Waals surface area contributed by atoms with E-state index in [1.54, 1.807) is 7.11 Å². The second kappa shape index (κ2) is 8.09. The van der Waals surface area contributed by atoms with Crippen molar-refractivity contribution in [3.63, 3.8) is 0 Å². The summed E-state index contributed by atoms with van der Waals surface area (Å²) in [5, 5.41) is 3.40. The van der Waals surface area contributed by atoms with Gasteiger partial charge in [0.25, 0.3) is 0 Å². The maximum Gasteiger partial charge on any atom is 0.161 e. The molecule has 2 heterocycles. The zero-order valence-electron chi connectivity index (χ0n) is 13.3. The van der Waals surface area contributed by atoms with Crippen LogP contribution in [0.5, 0.6) is 11.5 Å². The van der Waals surface area contributed by atoms with E-state index < -0.39 is 0 Å². The zero-order valence-corrected chi connectivity index (χ0v) is 14.2. The summed E-state index contributed by atoms with van der Waals surface area (Å²) in [6.45, 7) is 5.38. The summed E-state index contributed by atoms with van der Waals surface area (Å²) in [5.41, 5.74) is 1.31. The van der Waals surface area contributed by atoms with E-state index in [-0.39, 0.29) is 0 Å². The number of thioether (sulfide) groups is 1. The Morgan fingerprint density at radius 2 is 1.95 bits per heavy atom. The summed E-state index contributed by atoms with van der Waals surface area (Å²) in [4.78, 5) is 2.49. The third-order valence-electron chi connectivity index (χ3n) is 4.31. The first-order valence-corrected chi connectivity index (χ1v) is 9.35. The van der Waals surface area contributed by atoms with Crippen LogP contribution in [0, 0.1) is 0 Å². The van der Waals surface area contributed by atoms with Crippen molar-refractivity contribution in [2.75, 3.05) is 44.8 Å². The summed E-state index contributed by atoms with van der Waals surface area (Å²) in [6, 6.07) is 6.37. The molecule has 2 aliphatic heterocycles. The standard InChI is InChI=1S/C17H26N2O2S/c1-20-16-3-2-14(13-19-8-6-18-7-9-19)12-17(16)21-15-4-10-22-11-5-15/h2-3,12,15,18H,4-11,13H2,1H3. The Hall–Kier alpha value is -0.910. The zero-order chi connectivity index (χ0) is 15.2. The number of benzene rings is 1. The van der Waals surface area contributed by atoms with Gasteiger partial charge in [0.05, 0.1) is 7.11 Å². The van der Waals surface area contributed by atoms with E-state index in [0.717, 1.165) is 57.1 Å². The largest absolute Gasteiger partial charge is 0.493 e. The first-order valence-electron chi connectivity index (χ1n) is 8.19. The van der Waals surface area contributed by atoms with Gasteiger partial charge in [0.1, 0.15) is 6.10 Å². The molecule has 0 unspecified atom stereocenters. The summed E-state index contributed by atoms with van der Waals surface area (Å²) < 4.78 is 11.7. The van der Waals surface area contributed by atoms with Crippen LogP contribution >= 0.6 is 11.8 Å². The molecule has 2 saturated heterocycles. The van der Waals surface area contributed by atoms with E-state index in [4.69, 9.17) is 9.47 Å². The summed E-state index contributed by atoms with van der Waals surface area (Å²) in [5.74, 6) is 4.16. The lowest BCUT2D eigenvalue weighted by Crippen LogP contribution is -2.42. The number of methoxy groups -OCH3 is 1. The fourth-order valence-corrected chi connectivity index (χ4v) is 4.08. The summed E-state index contributed by atoms with van der Waals surface area (Å²) in [7, 11) is 1.72. The van der Waals surface area contributed by atoms with Crippen molar-refractivity contribution < 1.29 is 9.47 Å². The molecular formula is C17H26N2O2S. The number of rotatable bonds is 5. The number of hydrogen-bond acceptors (Lipinski definition) is 5. The van der Waals surface area contributed by atoms with Gasteiger partial charge in [0, 0.05) is 32.7 Å². The van der Waals surface area contributed by atoms with Crippen LogP contribution in [0.1, 0.15) is 18.4 Å². The smallest absolute Gasteiger partial charge is 0.161 e. The molecule has 1 N–H and O–H groups in total. The molecule has 2 aliphatic rings. The van der Waals surface area contributed by atoms with E-state index in [1.807, 2.05) is 17.8 Å². The highest BCUT2D eigenvalue weighted by Gasteiger charge is 2.18. The predicted molar refractivity (Wildman–Crippen MR) is 92.1 cm³/mol. The highest BCUT2D eigenvalue weighted by molar-refractivity contribution is 7.99. The topological polar surface area (TPSA) is 33.7 Å². The molecule has 4 nitrogen and oxygen atoms in total. The monoisotopic (exact) mass is 322 g/mol. The Labute approximate surface area is 137 Å². The highest BCUT2D eigenvalue weighted by atomic mass is 32.2. The molecule has 0 spiro atoms. The minimum absolute atomic E-state index is 0.338. The van der Waals surface area contributed by atoms with E-state index in [0.29, 0.717) is 6.10 Å². The summed E-state index contributed by atoms with van der Waals surface area (Å²) >= 11 is 2.02. The molecule has 1 aromatic rings. The lowest BCUT2D eigenvalue weighted by atomic mass is 10.1. The second-order valence-corrected chi connectivity index (χ2v) is 7.17. The van der Waals surface area contributed by atoms with Gasteiger partial charge < -0.3 is 14.8 Å². The molecular weight excluding hydrogens is 296 g/mol. The van der Waals surface area contributed by atoms with Crippen molar-refractivity contribution in [3.05, 3.63) is 23.8 Å². The Bertz CT molecular complexity index is 472. The molecule has 0 atom stereocenters. The van der Waals surface area contributed by atoms with Crippen molar-refractivity contribution in [2.45, 2.75) is 25.5 Å². The molecule has 0 aromatic heterocycles. The van der Waals surface area contributed by atoms with Crippen molar-refractivity contribution >= 4 is 11.8 Å². The van der Waals surface area contributed by atoms with Crippen molar-refractivity contribution in [1.82, 2.24) is 10.2 Å². The molecule has 0 radical (unpaired) electrons. The van der Waals surface area contributed by atoms with Gasteiger partial charge in [-0.15, -0.1) is 0 Å². The molecule has 0 saturated carbocycles. The number of nitrogens with zero attached hydrogens (tertiary/aromatic N) is 1. The number of piperazine rings is 1. The second-order valence-electron chi connectivity index (χ2n) is 5.94. The van der Waals surface area contributed by atoms with Crippen LogP contribution in [0.4, 0.5) is 0 Å². The van der Waals surface area contributed by atoms with E-state index in [1.165, 1.54) is 17.1 Å². The van der Waals surface area contributed by atoms with E-state index >= 15 is 0 Å². The maximum atomic E-state index is 6.24. The molecule has 3 rings (SSSR count).